The summed E-state index contributed by atoms with van der Waals surface area (Å²) in [4.78, 5) is 0.810. The maximum atomic E-state index is 3.84. The lowest BCUT2D eigenvalue weighted by Crippen LogP contribution is -2.23. The largest absolute Gasteiger partial charge is 0.162 e. The molecule has 0 N–H and O–H groups in total. The maximum Gasteiger partial charge on any atom is 0.0174 e. The zero-order chi connectivity index (χ0) is 10.4. The van der Waals surface area contributed by atoms with Crippen molar-refractivity contribution in [1.29, 1.82) is 0 Å². The fourth-order valence-corrected chi connectivity index (χ4v) is 3.76. The van der Waals surface area contributed by atoms with Gasteiger partial charge >= 0.3 is 0 Å². The number of halogens is 1. The molecule has 1 rings (SSSR count). The average molecular weight is 279 g/mol. The maximum absolute atomic E-state index is 3.84. The number of rotatable bonds is 5. The Balaban J connectivity index is 2.14. The molecule has 0 aromatic heterocycles. The zero-order valence-electron chi connectivity index (χ0n) is 9.47. The van der Waals surface area contributed by atoms with Gasteiger partial charge in [0.05, 0.1) is 0 Å². The molecular formula is C12H23BrS. The van der Waals surface area contributed by atoms with Gasteiger partial charge in [-0.25, -0.2) is 0 Å². The van der Waals surface area contributed by atoms with E-state index in [1.807, 2.05) is 0 Å². The first-order valence-corrected chi connectivity index (χ1v) is 8.02. The molecule has 0 heterocycles. The third-order valence-corrected chi connectivity index (χ3v) is 5.41. The molecule has 0 bridgehead atoms. The van der Waals surface area contributed by atoms with Gasteiger partial charge in [-0.05, 0) is 55.4 Å². The van der Waals surface area contributed by atoms with Crippen LogP contribution in [0, 0.1) is 11.8 Å². The van der Waals surface area contributed by atoms with Crippen LogP contribution in [-0.4, -0.2) is 16.3 Å². The SMILES string of the molecule is CCSCCCC1CC(C)CCC1Br. The van der Waals surface area contributed by atoms with Gasteiger partial charge in [0.2, 0.25) is 0 Å². The van der Waals surface area contributed by atoms with Crippen molar-refractivity contribution < 1.29 is 0 Å². The minimum Gasteiger partial charge on any atom is -0.162 e. The fraction of sp³-hybridized carbons (Fsp3) is 1.00. The predicted molar refractivity (Wildman–Crippen MR) is 71.5 cm³/mol. The summed E-state index contributed by atoms with van der Waals surface area (Å²) in [5, 5.41) is 0. The molecule has 1 saturated carbocycles. The van der Waals surface area contributed by atoms with Gasteiger partial charge in [-0.3, -0.25) is 0 Å². The van der Waals surface area contributed by atoms with E-state index in [0.29, 0.717) is 0 Å². The summed E-state index contributed by atoms with van der Waals surface area (Å²) in [6.45, 7) is 4.66. The van der Waals surface area contributed by atoms with Crippen LogP contribution < -0.4 is 0 Å². The lowest BCUT2D eigenvalue weighted by molar-refractivity contribution is 0.281. The van der Waals surface area contributed by atoms with Crippen LogP contribution in [0.2, 0.25) is 0 Å². The van der Waals surface area contributed by atoms with Crippen molar-refractivity contribution in [2.45, 2.75) is 50.8 Å². The van der Waals surface area contributed by atoms with Crippen molar-refractivity contribution in [1.82, 2.24) is 0 Å². The third-order valence-electron chi connectivity index (χ3n) is 3.22. The summed E-state index contributed by atoms with van der Waals surface area (Å²) in [7, 11) is 0. The zero-order valence-corrected chi connectivity index (χ0v) is 11.9. The van der Waals surface area contributed by atoms with Crippen LogP contribution in [0.1, 0.15) is 46.0 Å². The Kier molecular flexibility index (Phi) is 6.60. The Bertz CT molecular complexity index is 149. The van der Waals surface area contributed by atoms with E-state index in [1.54, 1.807) is 0 Å². The van der Waals surface area contributed by atoms with Crippen LogP contribution in [-0.2, 0) is 0 Å². The number of thioether (sulfide) groups is 1. The molecule has 0 aliphatic heterocycles. The van der Waals surface area contributed by atoms with Crippen LogP contribution >= 0.6 is 27.7 Å². The number of alkyl halides is 1. The Hall–Kier alpha value is 0.830. The van der Waals surface area contributed by atoms with Crippen molar-refractivity contribution in [2.24, 2.45) is 11.8 Å². The van der Waals surface area contributed by atoms with E-state index in [4.69, 9.17) is 0 Å². The molecule has 1 aliphatic carbocycles. The second-order valence-corrected chi connectivity index (χ2v) is 7.10. The smallest absolute Gasteiger partial charge is 0.0174 e. The van der Waals surface area contributed by atoms with Gasteiger partial charge in [0.25, 0.3) is 0 Å². The summed E-state index contributed by atoms with van der Waals surface area (Å²) in [5.74, 6) is 4.56. The molecule has 14 heavy (non-hydrogen) atoms. The molecule has 0 aromatic carbocycles. The van der Waals surface area contributed by atoms with Gasteiger partial charge in [-0.2, -0.15) is 11.8 Å². The molecule has 3 unspecified atom stereocenters. The topological polar surface area (TPSA) is 0 Å². The minimum absolute atomic E-state index is 0.810. The highest BCUT2D eigenvalue weighted by Crippen LogP contribution is 2.36. The second kappa shape index (κ2) is 7.16. The first kappa shape index (κ1) is 12.9. The fourth-order valence-electron chi connectivity index (χ4n) is 2.35. The van der Waals surface area contributed by atoms with E-state index in [-0.39, 0.29) is 0 Å². The van der Waals surface area contributed by atoms with Crippen LogP contribution in [0.25, 0.3) is 0 Å². The molecular weight excluding hydrogens is 256 g/mol. The normalized spacial score (nSPS) is 33.2. The molecule has 0 radical (unpaired) electrons. The van der Waals surface area contributed by atoms with E-state index in [0.717, 1.165) is 16.7 Å². The first-order valence-electron chi connectivity index (χ1n) is 5.95. The van der Waals surface area contributed by atoms with Crippen molar-refractivity contribution in [3.8, 4) is 0 Å². The second-order valence-electron chi connectivity index (χ2n) is 4.53. The highest BCUT2D eigenvalue weighted by molar-refractivity contribution is 9.09. The van der Waals surface area contributed by atoms with Gasteiger partial charge in [0, 0.05) is 4.83 Å². The lowest BCUT2D eigenvalue weighted by Gasteiger charge is -2.31. The molecule has 0 saturated heterocycles. The number of hydrogen-bond donors (Lipinski definition) is 0. The van der Waals surface area contributed by atoms with E-state index < -0.39 is 0 Å². The monoisotopic (exact) mass is 278 g/mol. The van der Waals surface area contributed by atoms with Gasteiger partial charge in [-0.15, -0.1) is 0 Å². The van der Waals surface area contributed by atoms with Crippen molar-refractivity contribution in [3.63, 3.8) is 0 Å². The lowest BCUT2D eigenvalue weighted by atomic mass is 9.80. The average Bonchev–Trinajstić information content (AvgIpc) is 2.18. The molecule has 1 aliphatic rings. The van der Waals surface area contributed by atoms with E-state index >= 15 is 0 Å². The van der Waals surface area contributed by atoms with Crippen LogP contribution in [0.4, 0.5) is 0 Å². The Morgan fingerprint density at radius 3 is 2.86 bits per heavy atom. The van der Waals surface area contributed by atoms with Gasteiger partial charge in [0.15, 0.2) is 0 Å². The van der Waals surface area contributed by atoms with Crippen LogP contribution in [0.3, 0.4) is 0 Å². The Morgan fingerprint density at radius 1 is 1.36 bits per heavy atom. The van der Waals surface area contributed by atoms with Crippen molar-refractivity contribution >= 4 is 27.7 Å². The molecule has 0 amide bonds. The summed E-state index contributed by atoms with van der Waals surface area (Å²) in [6.07, 6.45) is 7.13. The molecule has 1 fully saturated rings. The van der Waals surface area contributed by atoms with Crippen LogP contribution in [0.15, 0.2) is 0 Å². The molecule has 3 atom stereocenters. The molecule has 84 valence electrons. The van der Waals surface area contributed by atoms with E-state index in [1.165, 1.54) is 43.6 Å². The molecule has 2 heteroatoms. The van der Waals surface area contributed by atoms with Gasteiger partial charge in [0.1, 0.15) is 0 Å². The molecule has 0 spiro atoms. The predicted octanol–water partition coefficient (Wildman–Crippen LogP) is 4.72. The quantitative estimate of drug-likeness (QED) is 0.518. The third kappa shape index (κ3) is 4.57. The summed E-state index contributed by atoms with van der Waals surface area (Å²) in [5.41, 5.74) is 0. The number of hydrogen-bond acceptors (Lipinski definition) is 1. The Labute approximate surface area is 102 Å². The van der Waals surface area contributed by atoms with E-state index in [2.05, 4.69) is 41.5 Å². The molecule has 0 nitrogen and oxygen atoms in total. The van der Waals surface area contributed by atoms with Crippen molar-refractivity contribution in [2.75, 3.05) is 11.5 Å². The summed E-state index contributed by atoms with van der Waals surface area (Å²) >= 11 is 5.93. The van der Waals surface area contributed by atoms with Gasteiger partial charge in [-0.1, -0.05) is 29.8 Å². The van der Waals surface area contributed by atoms with Crippen molar-refractivity contribution in [3.05, 3.63) is 0 Å². The summed E-state index contributed by atoms with van der Waals surface area (Å²) < 4.78 is 0. The first-order chi connectivity index (χ1) is 6.74. The minimum atomic E-state index is 0.810. The highest BCUT2D eigenvalue weighted by atomic mass is 79.9. The standard InChI is InChI=1S/C12H23BrS/c1-3-14-8-4-5-11-9-10(2)6-7-12(11)13/h10-12H,3-9H2,1-2H3. The van der Waals surface area contributed by atoms with E-state index in [9.17, 15) is 0 Å². The summed E-state index contributed by atoms with van der Waals surface area (Å²) in [6, 6.07) is 0. The van der Waals surface area contributed by atoms with Gasteiger partial charge < -0.3 is 0 Å². The molecule has 0 aromatic rings. The Morgan fingerprint density at radius 2 is 2.14 bits per heavy atom. The highest BCUT2D eigenvalue weighted by Gasteiger charge is 2.25. The van der Waals surface area contributed by atoms with Crippen LogP contribution in [0.5, 0.6) is 0 Å².